The van der Waals surface area contributed by atoms with Gasteiger partial charge in [0, 0.05) is 24.9 Å². The first-order valence-corrected chi connectivity index (χ1v) is 9.05. The molecule has 2 rings (SSSR count). The summed E-state index contributed by atoms with van der Waals surface area (Å²) in [5.41, 5.74) is 1.45. The van der Waals surface area contributed by atoms with Crippen LogP contribution in [-0.4, -0.2) is 48.6 Å². The Morgan fingerprint density at radius 3 is 2.71 bits per heavy atom. The standard InChI is InChI=1S/C18H26N2S/c1-2-15-21-16-11-19-18-9-13-20(14-10-18)12-8-17-6-4-3-5-7-17/h1,3-7,18-19H,8-16H2. The number of terminal acetylenes is 1. The van der Waals surface area contributed by atoms with Gasteiger partial charge in [0.1, 0.15) is 0 Å². The minimum absolute atomic E-state index is 0.699. The maximum atomic E-state index is 5.24. The number of nitrogens with zero attached hydrogens (tertiary/aromatic N) is 1. The lowest BCUT2D eigenvalue weighted by Crippen LogP contribution is -2.43. The molecule has 1 fully saturated rings. The summed E-state index contributed by atoms with van der Waals surface area (Å²) in [6.07, 6.45) is 8.96. The van der Waals surface area contributed by atoms with Crippen molar-refractivity contribution in [3.63, 3.8) is 0 Å². The molecule has 1 aliphatic heterocycles. The molecule has 114 valence electrons. The SMILES string of the molecule is C#CCSCCNC1CCN(CCc2ccccc2)CC1. The molecule has 3 heteroatoms. The number of hydrogen-bond donors (Lipinski definition) is 1. The van der Waals surface area contributed by atoms with Crippen LogP contribution in [0.4, 0.5) is 0 Å². The van der Waals surface area contributed by atoms with Gasteiger partial charge in [-0.3, -0.25) is 0 Å². The van der Waals surface area contributed by atoms with Crippen LogP contribution in [0.3, 0.4) is 0 Å². The third-order valence-corrected chi connectivity index (χ3v) is 4.88. The molecule has 0 unspecified atom stereocenters. The molecule has 2 nitrogen and oxygen atoms in total. The zero-order valence-corrected chi connectivity index (χ0v) is 13.6. The Morgan fingerprint density at radius 1 is 1.24 bits per heavy atom. The predicted molar refractivity (Wildman–Crippen MR) is 93.8 cm³/mol. The second kappa shape index (κ2) is 9.89. The van der Waals surface area contributed by atoms with E-state index in [4.69, 9.17) is 6.42 Å². The zero-order valence-electron chi connectivity index (χ0n) is 12.8. The lowest BCUT2D eigenvalue weighted by atomic mass is 10.0. The van der Waals surface area contributed by atoms with Gasteiger partial charge >= 0.3 is 0 Å². The van der Waals surface area contributed by atoms with Gasteiger partial charge in [-0.15, -0.1) is 18.2 Å². The van der Waals surface area contributed by atoms with Gasteiger partial charge in [0.05, 0.1) is 5.75 Å². The van der Waals surface area contributed by atoms with Crippen molar-refractivity contribution in [3.8, 4) is 12.3 Å². The second-order valence-corrected chi connectivity index (χ2v) is 6.67. The van der Waals surface area contributed by atoms with Gasteiger partial charge in [0.2, 0.25) is 0 Å². The molecule has 0 bridgehead atoms. The van der Waals surface area contributed by atoms with Gasteiger partial charge in [0.25, 0.3) is 0 Å². The lowest BCUT2D eigenvalue weighted by molar-refractivity contribution is 0.201. The van der Waals surface area contributed by atoms with Crippen molar-refractivity contribution >= 4 is 11.8 Å². The molecule has 1 aromatic rings. The Bertz CT molecular complexity index is 419. The van der Waals surface area contributed by atoms with E-state index in [-0.39, 0.29) is 0 Å². The molecule has 0 atom stereocenters. The normalized spacial score (nSPS) is 16.7. The molecule has 1 aromatic carbocycles. The van der Waals surface area contributed by atoms with E-state index in [9.17, 15) is 0 Å². The topological polar surface area (TPSA) is 15.3 Å². The molecule has 0 radical (unpaired) electrons. The van der Waals surface area contributed by atoms with Crippen LogP contribution in [0.25, 0.3) is 0 Å². The summed E-state index contributed by atoms with van der Waals surface area (Å²) in [5.74, 6) is 4.62. The Labute approximate surface area is 133 Å². The van der Waals surface area contributed by atoms with Crippen LogP contribution < -0.4 is 5.32 Å². The van der Waals surface area contributed by atoms with Gasteiger partial charge in [-0.1, -0.05) is 36.3 Å². The first-order chi connectivity index (χ1) is 10.4. The molecule has 0 aliphatic carbocycles. The van der Waals surface area contributed by atoms with E-state index in [1.165, 1.54) is 44.5 Å². The smallest absolute Gasteiger partial charge is 0.0545 e. The summed E-state index contributed by atoms with van der Waals surface area (Å²) >= 11 is 1.84. The average molecular weight is 302 g/mol. The summed E-state index contributed by atoms with van der Waals surface area (Å²) < 4.78 is 0. The first kappa shape index (κ1) is 16.4. The highest BCUT2D eigenvalue weighted by atomic mass is 32.2. The molecule has 0 aromatic heterocycles. The monoisotopic (exact) mass is 302 g/mol. The Balaban J connectivity index is 1.55. The maximum absolute atomic E-state index is 5.24. The molecule has 1 heterocycles. The van der Waals surface area contributed by atoms with Gasteiger partial charge in [-0.2, -0.15) is 0 Å². The van der Waals surface area contributed by atoms with Crippen LogP contribution in [0, 0.1) is 12.3 Å². The molecule has 1 aliphatic rings. The summed E-state index contributed by atoms with van der Waals surface area (Å²) in [5, 5.41) is 3.66. The largest absolute Gasteiger partial charge is 0.313 e. The average Bonchev–Trinajstić information content (AvgIpc) is 2.55. The van der Waals surface area contributed by atoms with Gasteiger partial charge in [-0.25, -0.2) is 0 Å². The van der Waals surface area contributed by atoms with Crippen LogP contribution in [0.2, 0.25) is 0 Å². The van der Waals surface area contributed by atoms with Crippen molar-refractivity contribution in [2.45, 2.75) is 25.3 Å². The van der Waals surface area contributed by atoms with E-state index < -0.39 is 0 Å². The van der Waals surface area contributed by atoms with Crippen LogP contribution in [0.5, 0.6) is 0 Å². The third kappa shape index (κ3) is 6.56. The van der Waals surface area contributed by atoms with E-state index in [0.29, 0.717) is 6.04 Å². The van der Waals surface area contributed by atoms with Crippen molar-refractivity contribution in [1.82, 2.24) is 10.2 Å². The number of likely N-dealkylation sites (tertiary alicyclic amines) is 1. The van der Waals surface area contributed by atoms with E-state index in [1.807, 2.05) is 11.8 Å². The van der Waals surface area contributed by atoms with Crippen molar-refractivity contribution in [2.24, 2.45) is 0 Å². The lowest BCUT2D eigenvalue weighted by Gasteiger charge is -2.32. The number of rotatable bonds is 8. The molecule has 0 spiro atoms. The molecular formula is C18H26N2S. The Hall–Kier alpha value is -0.950. The van der Waals surface area contributed by atoms with E-state index >= 15 is 0 Å². The molecule has 1 saturated heterocycles. The molecular weight excluding hydrogens is 276 g/mol. The molecule has 0 saturated carbocycles. The summed E-state index contributed by atoms with van der Waals surface area (Å²) in [4.78, 5) is 2.60. The number of hydrogen-bond acceptors (Lipinski definition) is 3. The second-order valence-electron chi connectivity index (χ2n) is 5.56. The molecule has 0 amide bonds. The minimum Gasteiger partial charge on any atom is -0.313 e. The number of nitrogens with one attached hydrogen (secondary N) is 1. The van der Waals surface area contributed by atoms with Crippen molar-refractivity contribution in [2.75, 3.05) is 37.7 Å². The van der Waals surface area contributed by atoms with Crippen molar-refractivity contribution < 1.29 is 0 Å². The van der Waals surface area contributed by atoms with Crippen LogP contribution >= 0.6 is 11.8 Å². The number of piperidine rings is 1. The fourth-order valence-corrected chi connectivity index (χ4v) is 3.28. The number of thioether (sulfide) groups is 1. The summed E-state index contributed by atoms with van der Waals surface area (Å²) in [6.45, 7) is 4.72. The van der Waals surface area contributed by atoms with E-state index in [2.05, 4.69) is 46.5 Å². The first-order valence-electron chi connectivity index (χ1n) is 7.89. The van der Waals surface area contributed by atoms with Crippen molar-refractivity contribution in [3.05, 3.63) is 35.9 Å². The summed E-state index contributed by atoms with van der Waals surface area (Å²) in [7, 11) is 0. The Kier molecular flexibility index (Phi) is 7.73. The van der Waals surface area contributed by atoms with Gasteiger partial charge < -0.3 is 10.2 Å². The van der Waals surface area contributed by atoms with Crippen LogP contribution in [-0.2, 0) is 6.42 Å². The van der Waals surface area contributed by atoms with Gasteiger partial charge in [0.15, 0.2) is 0 Å². The van der Waals surface area contributed by atoms with Crippen LogP contribution in [0.15, 0.2) is 30.3 Å². The highest BCUT2D eigenvalue weighted by molar-refractivity contribution is 7.99. The highest BCUT2D eigenvalue weighted by Crippen LogP contribution is 2.11. The zero-order chi connectivity index (χ0) is 14.8. The molecule has 1 N–H and O–H groups in total. The fourth-order valence-electron chi connectivity index (χ4n) is 2.76. The van der Waals surface area contributed by atoms with Gasteiger partial charge in [-0.05, 0) is 37.9 Å². The van der Waals surface area contributed by atoms with E-state index in [0.717, 1.165) is 18.1 Å². The summed E-state index contributed by atoms with van der Waals surface area (Å²) in [6, 6.07) is 11.5. The maximum Gasteiger partial charge on any atom is 0.0545 e. The quantitative estimate of drug-likeness (QED) is 0.587. The van der Waals surface area contributed by atoms with E-state index in [1.54, 1.807) is 0 Å². The third-order valence-electron chi connectivity index (χ3n) is 4.01. The molecule has 21 heavy (non-hydrogen) atoms. The minimum atomic E-state index is 0.699. The number of benzene rings is 1. The highest BCUT2D eigenvalue weighted by Gasteiger charge is 2.17. The van der Waals surface area contributed by atoms with Crippen molar-refractivity contribution in [1.29, 1.82) is 0 Å². The predicted octanol–water partition coefficient (Wildman–Crippen LogP) is 2.65. The van der Waals surface area contributed by atoms with Crippen LogP contribution in [0.1, 0.15) is 18.4 Å². The Morgan fingerprint density at radius 2 is 2.00 bits per heavy atom. The fraction of sp³-hybridized carbons (Fsp3) is 0.556.